The lowest BCUT2D eigenvalue weighted by Gasteiger charge is -2.11. The quantitative estimate of drug-likeness (QED) is 0.294. The number of carbonyl (C=O) groups is 1. The van der Waals surface area contributed by atoms with Crippen LogP contribution in [0.4, 0.5) is 0 Å². The maximum atomic E-state index is 12.9. The number of hydrogen-bond acceptors (Lipinski definition) is 3. The maximum absolute atomic E-state index is 12.9. The number of carbonyl (C=O) groups excluding carboxylic acids is 1. The van der Waals surface area contributed by atoms with Gasteiger partial charge in [-0.25, -0.2) is 9.78 Å². The van der Waals surface area contributed by atoms with Crippen LogP contribution in [0.2, 0.25) is 0 Å². The van der Waals surface area contributed by atoms with Crippen LogP contribution in [0.1, 0.15) is 15.9 Å². The number of pyridine rings is 1. The molecule has 0 atom stereocenters. The minimum absolute atomic E-state index is 0.396. The van der Waals surface area contributed by atoms with Gasteiger partial charge < -0.3 is 4.74 Å². The summed E-state index contributed by atoms with van der Waals surface area (Å²) in [7, 11) is 0. The second-order valence-corrected chi connectivity index (χ2v) is 7.20. The minimum atomic E-state index is -0.396. The van der Waals surface area contributed by atoms with E-state index in [0.717, 1.165) is 32.2 Å². The predicted molar refractivity (Wildman–Crippen MR) is 111 cm³/mol. The van der Waals surface area contributed by atoms with Gasteiger partial charge in [-0.1, -0.05) is 57.9 Å². The summed E-state index contributed by atoms with van der Waals surface area (Å²) in [5, 5.41) is 0.789. The van der Waals surface area contributed by atoms with Crippen LogP contribution in [0.25, 0.3) is 22.2 Å². The number of ether oxygens (including phenoxy) is 1. The van der Waals surface area contributed by atoms with Gasteiger partial charge in [-0.3, -0.25) is 0 Å². The van der Waals surface area contributed by atoms with Crippen molar-refractivity contribution in [2.24, 2.45) is 0 Å². The molecule has 4 aromatic rings. The SMILES string of the molecule is Cc1ccc2nc(-c3ccccc3)cc(C(=O)Oc3ccc(Br)cc3)c2c1. The molecule has 0 saturated heterocycles. The first-order chi connectivity index (χ1) is 13.1. The van der Waals surface area contributed by atoms with Gasteiger partial charge in [0, 0.05) is 15.4 Å². The molecule has 3 nitrogen and oxygen atoms in total. The molecule has 0 saturated carbocycles. The number of hydrogen-bond donors (Lipinski definition) is 0. The number of halogens is 1. The van der Waals surface area contributed by atoms with E-state index < -0.39 is 5.97 Å². The Bertz CT molecular complexity index is 1120. The van der Waals surface area contributed by atoms with E-state index in [1.807, 2.05) is 67.6 Å². The van der Waals surface area contributed by atoms with Crippen molar-refractivity contribution in [3.8, 4) is 17.0 Å². The van der Waals surface area contributed by atoms with E-state index in [2.05, 4.69) is 15.9 Å². The lowest BCUT2D eigenvalue weighted by molar-refractivity contribution is 0.0737. The summed E-state index contributed by atoms with van der Waals surface area (Å²) in [6.45, 7) is 1.99. The molecule has 27 heavy (non-hydrogen) atoms. The highest BCUT2D eigenvalue weighted by molar-refractivity contribution is 9.10. The van der Waals surface area contributed by atoms with Gasteiger partial charge in [-0.05, 0) is 49.4 Å². The molecule has 132 valence electrons. The lowest BCUT2D eigenvalue weighted by atomic mass is 10.0. The highest BCUT2D eigenvalue weighted by atomic mass is 79.9. The maximum Gasteiger partial charge on any atom is 0.344 e. The van der Waals surface area contributed by atoms with Gasteiger partial charge in [0.15, 0.2) is 0 Å². The second-order valence-electron chi connectivity index (χ2n) is 6.29. The number of rotatable bonds is 3. The Morgan fingerprint density at radius 1 is 0.926 bits per heavy atom. The van der Waals surface area contributed by atoms with Crippen molar-refractivity contribution < 1.29 is 9.53 Å². The number of fused-ring (bicyclic) bond motifs is 1. The van der Waals surface area contributed by atoms with Gasteiger partial charge in [-0.2, -0.15) is 0 Å². The van der Waals surface area contributed by atoms with Crippen LogP contribution >= 0.6 is 15.9 Å². The van der Waals surface area contributed by atoms with Gasteiger partial charge in [0.25, 0.3) is 0 Å². The lowest BCUT2D eigenvalue weighted by Crippen LogP contribution is -2.10. The van der Waals surface area contributed by atoms with Crippen LogP contribution in [0.5, 0.6) is 5.75 Å². The minimum Gasteiger partial charge on any atom is -0.423 e. The summed E-state index contributed by atoms with van der Waals surface area (Å²) in [4.78, 5) is 17.7. The van der Waals surface area contributed by atoms with Crippen LogP contribution in [-0.2, 0) is 0 Å². The van der Waals surface area contributed by atoms with Crippen molar-refractivity contribution in [3.05, 3.63) is 94.5 Å². The molecule has 0 unspecified atom stereocenters. The molecule has 4 heteroatoms. The number of aromatic nitrogens is 1. The van der Waals surface area contributed by atoms with Crippen molar-refractivity contribution >= 4 is 32.8 Å². The number of benzene rings is 3. The summed E-state index contributed by atoms with van der Waals surface area (Å²) in [5.74, 6) is 0.106. The molecule has 0 spiro atoms. The largest absolute Gasteiger partial charge is 0.423 e. The zero-order valence-electron chi connectivity index (χ0n) is 14.6. The monoisotopic (exact) mass is 417 g/mol. The molecule has 0 aliphatic carbocycles. The fourth-order valence-electron chi connectivity index (χ4n) is 2.93. The summed E-state index contributed by atoms with van der Waals surface area (Å²) < 4.78 is 6.54. The molecule has 1 aromatic heterocycles. The van der Waals surface area contributed by atoms with E-state index in [1.165, 1.54) is 0 Å². The molecule has 1 heterocycles. The average Bonchev–Trinajstić information content (AvgIpc) is 2.69. The molecule has 0 radical (unpaired) electrons. The first kappa shape index (κ1) is 17.4. The summed E-state index contributed by atoms with van der Waals surface area (Å²) in [6, 6.07) is 24.7. The molecular weight excluding hydrogens is 402 g/mol. The Hall–Kier alpha value is -2.98. The van der Waals surface area contributed by atoms with E-state index in [9.17, 15) is 4.79 Å². The third kappa shape index (κ3) is 3.76. The Balaban J connectivity index is 1.82. The zero-order chi connectivity index (χ0) is 18.8. The van der Waals surface area contributed by atoms with Crippen LogP contribution in [0.3, 0.4) is 0 Å². The van der Waals surface area contributed by atoms with Crippen LogP contribution in [0.15, 0.2) is 83.3 Å². The predicted octanol–water partition coefficient (Wildman–Crippen LogP) is 6.19. The topological polar surface area (TPSA) is 39.2 Å². The molecule has 0 bridgehead atoms. The number of nitrogens with zero attached hydrogens (tertiary/aromatic N) is 1. The molecule has 0 amide bonds. The Morgan fingerprint density at radius 2 is 1.67 bits per heavy atom. The van der Waals surface area contributed by atoms with Crippen molar-refractivity contribution in [1.29, 1.82) is 0 Å². The average molecular weight is 418 g/mol. The molecule has 4 rings (SSSR count). The first-order valence-corrected chi connectivity index (χ1v) is 9.34. The smallest absolute Gasteiger partial charge is 0.344 e. The highest BCUT2D eigenvalue weighted by Gasteiger charge is 2.16. The van der Waals surface area contributed by atoms with Crippen LogP contribution < -0.4 is 4.74 Å². The standard InChI is InChI=1S/C23H16BrNO2/c1-15-7-12-21-19(13-15)20(14-22(25-21)16-5-3-2-4-6-16)23(26)27-18-10-8-17(24)9-11-18/h2-14H,1H3. The summed E-state index contributed by atoms with van der Waals surface area (Å²) >= 11 is 3.38. The first-order valence-electron chi connectivity index (χ1n) is 8.55. The fourth-order valence-corrected chi connectivity index (χ4v) is 3.19. The molecular formula is C23H16BrNO2. The third-order valence-electron chi connectivity index (χ3n) is 4.28. The van der Waals surface area contributed by atoms with Crippen LogP contribution in [0, 0.1) is 6.92 Å². The Morgan fingerprint density at radius 3 is 2.41 bits per heavy atom. The van der Waals surface area contributed by atoms with Gasteiger partial charge in [-0.15, -0.1) is 0 Å². The summed E-state index contributed by atoms with van der Waals surface area (Å²) in [6.07, 6.45) is 0. The van der Waals surface area contributed by atoms with Crippen LogP contribution in [-0.4, -0.2) is 11.0 Å². The normalized spacial score (nSPS) is 10.7. The van der Waals surface area contributed by atoms with Crippen molar-refractivity contribution in [2.75, 3.05) is 0 Å². The summed E-state index contributed by atoms with van der Waals surface area (Å²) in [5.41, 5.74) is 4.04. The molecule has 0 fully saturated rings. The van der Waals surface area contributed by atoms with Gasteiger partial charge >= 0.3 is 5.97 Å². The Labute approximate surface area is 165 Å². The Kier molecular flexibility index (Phi) is 4.73. The van der Waals surface area contributed by atoms with Crippen molar-refractivity contribution in [3.63, 3.8) is 0 Å². The zero-order valence-corrected chi connectivity index (χ0v) is 16.2. The second kappa shape index (κ2) is 7.33. The molecule has 3 aromatic carbocycles. The number of esters is 1. The van der Waals surface area contributed by atoms with Crippen molar-refractivity contribution in [2.45, 2.75) is 6.92 Å². The fraction of sp³-hybridized carbons (Fsp3) is 0.0435. The van der Waals surface area contributed by atoms with Crippen molar-refractivity contribution in [1.82, 2.24) is 4.98 Å². The van der Waals surface area contributed by atoms with E-state index in [0.29, 0.717) is 11.3 Å². The van der Waals surface area contributed by atoms with E-state index in [1.54, 1.807) is 18.2 Å². The van der Waals surface area contributed by atoms with E-state index in [4.69, 9.17) is 9.72 Å². The molecule has 0 aliphatic rings. The number of aryl methyl sites for hydroxylation is 1. The van der Waals surface area contributed by atoms with Gasteiger partial charge in [0.2, 0.25) is 0 Å². The highest BCUT2D eigenvalue weighted by Crippen LogP contribution is 2.27. The van der Waals surface area contributed by atoms with E-state index in [-0.39, 0.29) is 0 Å². The molecule has 0 N–H and O–H groups in total. The third-order valence-corrected chi connectivity index (χ3v) is 4.81. The molecule has 0 aliphatic heterocycles. The van der Waals surface area contributed by atoms with E-state index >= 15 is 0 Å². The van der Waals surface area contributed by atoms with Gasteiger partial charge in [0.05, 0.1) is 16.8 Å². The van der Waals surface area contributed by atoms with Gasteiger partial charge in [0.1, 0.15) is 5.75 Å².